The van der Waals surface area contributed by atoms with E-state index in [1.807, 2.05) is 34.1 Å². The van der Waals surface area contributed by atoms with Crippen molar-refractivity contribution in [3.05, 3.63) is 45.4 Å². The van der Waals surface area contributed by atoms with E-state index in [1.165, 1.54) is 11.3 Å². The van der Waals surface area contributed by atoms with Crippen LogP contribution in [-0.2, 0) is 24.1 Å². The second-order valence-corrected chi connectivity index (χ2v) is 8.38. The van der Waals surface area contributed by atoms with Crippen molar-refractivity contribution in [2.24, 2.45) is 0 Å². The molecule has 0 spiro atoms. The van der Waals surface area contributed by atoms with Crippen molar-refractivity contribution in [2.75, 3.05) is 33.3 Å². The van der Waals surface area contributed by atoms with Gasteiger partial charge in [-0.1, -0.05) is 12.1 Å². The van der Waals surface area contributed by atoms with Gasteiger partial charge in [0.2, 0.25) is 5.91 Å². The van der Waals surface area contributed by atoms with Crippen LogP contribution in [0.4, 0.5) is 0 Å². The van der Waals surface area contributed by atoms with Crippen LogP contribution in [0, 0.1) is 0 Å². The summed E-state index contributed by atoms with van der Waals surface area (Å²) in [4.78, 5) is 34.9. The molecule has 7 heteroatoms. The number of aromatic nitrogens is 1. The Labute approximate surface area is 169 Å². The number of nitrogens with zero attached hydrogens (tertiary/aromatic N) is 3. The molecule has 0 atom stereocenters. The molecular formula is C21H25N3O3S. The third-order valence-corrected chi connectivity index (χ3v) is 6.57. The Morgan fingerprint density at radius 2 is 1.89 bits per heavy atom. The van der Waals surface area contributed by atoms with Gasteiger partial charge in [-0.2, -0.15) is 0 Å². The molecule has 1 fully saturated rings. The third-order valence-electron chi connectivity index (χ3n) is 5.42. The molecule has 2 aliphatic rings. The molecule has 0 N–H and O–H groups in total. The molecular weight excluding hydrogens is 374 g/mol. The lowest BCUT2D eigenvalue weighted by atomic mass is 10.1. The first-order valence-corrected chi connectivity index (χ1v) is 10.6. The summed E-state index contributed by atoms with van der Waals surface area (Å²) in [5, 5.41) is 0.614. The Morgan fingerprint density at radius 3 is 2.68 bits per heavy atom. The summed E-state index contributed by atoms with van der Waals surface area (Å²) in [5.74, 6) is 0.959. The van der Waals surface area contributed by atoms with Gasteiger partial charge in [0.15, 0.2) is 5.01 Å². The standard InChI is InChI=1S/C21H25N3O3S/c1-27-16-6-4-5-15(13-16)14-19(25)23-11-7-17-18(8-12-23)28-20(22-17)21(26)24-9-2-3-10-24/h4-6,13H,2-3,7-12,14H2,1H3. The fraction of sp³-hybridized carbons (Fsp3) is 0.476. The van der Waals surface area contributed by atoms with E-state index >= 15 is 0 Å². The van der Waals surface area contributed by atoms with Crippen LogP contribution in [-0.4, -0.2) is 59.9 Å². The molecule has 2 aromatic rings. The van der Waals surface area contributed by atoms with Crippen LogP contribution >= 0.6 is 11.3 Å². The number of hydrogen-bond donors (Lipinski definition) is 0. The summed E-state index contributed by atoms with van der Waals surface area (Å²) in [6.45, 7) is 3.01. The van der Waals surface area contributed by atoms with Crippen LogP contribution in [0.5, 0.6) is 5.75 Å². The zero-order valence-corrected chi connectivity index (χ0v) is 17.0. The largest absolute Gasteiger partial charge is 0.497 e. The van der Waals surface area contributed by atoms with Crippen molar-refractivity contribution in [2.45, 2.75) is 32.1 Å². The number of ether oxygens (including phenoxy) is 1. The number of likely N-dealkylation sites (tertiary alicyclic amines) is 1. The fourth-order valence-corrected chi connectivity index (χ4v) is 4.89. The van der Waals surface area contributed by atoms with Crippen LogP contribution < -0.4 is 4.74 Å². The molecule has 0 unspecified atom stereocenters. The minimum Gasteiger partial charge on any atom is -0.497 e. The van der Waals surface area contributed by atoms with Gasteiger partial charge in [0.1, 0.15) is 5.75 Å². The first-order chi connectivity index (χ1) is 13.6. The average Bonchev–Trinajstić information content (AvgIpc) is 3.34. The Kier molecular flexibility index (Phi) is 5.62. The highest BCUT2D eigenvalue weighted by atomic mass is 32.1. The topological polar surface area (TPSA) is 62.7 Å². The monoisotopic (exact) mass is 399 g/mol. The summed E-state index contributed by atoms with van der Waals surface area (Å²) in [7, 11) is 1.63. The Morgan fingerprint density at radius 1 is 1.11 bits per heavy atom. The SMILES string of the molecule is COc1cccc(CC(=O)N2CCc3nc(C(=O)N4CCCC4)sc3CC2)c1. The fourth-order valence-electron chi connectivity index (χ4n) is 3.83. The highest BCUT2D eigenvalue weighted by Crippen LogP contribution is 2.25. The maximum atomic E-state index is 12.7. The molecule has 3 heterocycles. The van der Waals surface area contributed by atoms with E-state index in [9.17, 15) is 9.59 Å². The summed E-state index contributed by atoms with van der Waals surface area (Å²) >= 11 is 1.51. The van der Waals surface area contributed by atoms with Crippen LogP contribution in [0.3, 0.4) is 0 Å². The first kappa shape index (κ1) is 18.9. The van der Waals surface area contributed by atoms with Crippen molar-refractivity contribution in [3.8, 4) is 5.75 Å². The van der Waals surface area contributed by atoms with Crippen molar-refractivity contribution >= 4 is 23.2 Å². The summed E-state index contributed by atoms with van der Waals surface area (Å²) in [6.07, 6.45) is 4.02. The van der Waals surface area contributed by atoms with Crippen molar-refractivity contribution < 1.29 is 14.3 Å². The number of carbonyl (C=O) groups is 2. The number of benzene rings is 1. The van der Waals surface area contributed by atoms with E-state index in [2.05, 4.69) is 4.98 Å². The van der Waals surface area contributed by atoms with Gasteiger partial charge in [0.05, 0.1) is 19.2 Å². The van der Waals surface area contributed by atoms with E-state index < -0.39 is 0 Å². The van der Waals surface area contributed by atoms with Crippen molar-refractivity contribution in [1.29, 1.82) is 0 Å². The lowest BCUT2D eigenvalue weighted by Crippen LogP contribution is -2.34. The maximum Gasteiger partial charge on any atom is 0.282 e. The molecule has 2 aliphatic heterocycles. The molecule has 28 heavy (non-hydrogen) atoms. The maximum absolute atomic E-state index is 12.7. The number of hydrogen-bond acceptors (Lipinski definition) is 5. The Hall–Kier alpha value is -2.41. The number of rotatable bonds is 4. The van der Waals surface area contributed by atoms with Crippen LogP contribution in [0.1, 0.15) is 38.8 Å². The zero-order chi connectivity index (χ0) is 19.5. The summed E-state index contributed by atoms with van der Waals surface area (Å²) in [5.41, 5.74) is 1.95. The second-order valence-electron chi connectivity index (χ2n) is 7.30. The summed E-state index contributed by atoms with van der Waals surface area (Å²) in [6, 6.07) is 7.64. The van der Waals surface area contributed by atoms with Crippen LogP contribution in [0.2, 0.25) is 0 Å². The van der Waals surface area contributed by atoms with Gasteiger partial charge in [-0.3, -0.25) is 9.59 Å². The number of carbonyl (C=O) groups excluding carboxylic acids is 2. The third kappa shape index (κ3) is 4.04. The zero-order valence-electron chi connectivity index (χ0n) is 16.1. The molecule has 1 aromatic carbocycles. The van der Waals surface area contributed by atoms with Gasteiger partial charge in [0.25, 0.3) is 5.91 Å². The van der Waals surface area contributed by atoms with Gasteiger partial charge >= 0.3 is 0 Å². The minimum atomic E-state index is 0.0709. The van der Waals surface area contributed by atoms with E-state index in [0.717, 1.165) is 54.2 Å². The number of thiazole rings is 1. The van der Waals surface area contributed by atoms with E-state index in [-0.39, 0.29) is 11.8 Å². The normalized spacial score (nSPS) is 16.6. The van der Waals surface area contributed by atoms with Crippen LogP contribution in [0.25, 0.3) is 0 Å². The highest BCUT2D eigenvalue weighted by molar-refractivity contribution is 7.13. The van der Waals surface area contributed by atoms with E-state index in [4.69, 9.17) is 4.74 Å². The predicted octanol–water partition coefficient (Wildman–Crippen LogP) is 2.56. The van der Waals surface area contributed by atoms with E-state index in [0.29, 0.717) is 30.9 Å². The average molecular weight is 400 g/mol. The molecule has 0 radical (unpaired) electrons. The molecule has 4 rings (SSSR count). The summed E-state index contributed by atoms with van der Waals surface area (Å²) < 4.78 is 5.24. The smallest absolute Gasteiger partial charge is 0.282 e. The van der Waals surface area contributed by atoms with E-state index in [1.54, 1.807) is 7.11 Å². The quantitative estimate of drug-likeness (QED) is 0.793. The second kappa shape index (κ2) is 8.31. The highest BCUT2D eigenvalue weighted by Gasteiger charge is 2.26. The minimum absolute atomic E-state index is 0.0709. The van der Waals surface area contributed by atoms with Gasteiger partial charge < -0.3 is 14.5 Å². The number of methoxy groups -OCH3 is 1. The van der Waals surface area contributed by atoms with Gasteiger partial charge in [0, 0.05) is 43.9 Å². The van der Waals surface area contributed by atoms with Crippen molar-refractivity contribution in [3.63, 3.8) is 0 Å². The van der Waals surface area contributed by atoms with Gasteiger partial charge in [-0.25, -0.2) is 4.98 Å². The number of amides is 2. The molecule has 1 saturated heterocycles. The Bertz CT molecular complexity index is 848. The van der Waals surface area contributed by atoms with Crippen molar-refractivity contribution in [1.82, 2.24) is 14.8 Å². The predicted molar refractivity (Wildman–Crippen MR) is 108 cm³/mol. The molecule has 2 amide bonds. The molecule has 148 valence electrons. The molecule has 0 aliphatic carbocycles. The first-order valence-electron chi connectivity index (χ1n) is 9.82. The van der Waals surface area contributed by atoms with Gasteiger partial charge in [-0.15, -0.1) is 11.3 Å². The lowest BCUT2D eigenvalue weighted by Gasteiger charge is -2.20. The molecule has 0 bridgehead atoms. The molecule has 6 nitrogen and oxygen atoms in total. The van der Waals surface area contributed by atoms with Crippen LogP contribution in [0.15, 0.2) is 24.3 Å². The Balaban J connectivity index is 1.38. The molecule has 0 saturated carbocycles. The molecule has 1 aromatic heterocycles. The lowest BCUT2D eigenvalue weighted by molar-refractivity contribution is -0.130. The number of fused-ring (bicyclic) bond motifs is 1. The van der Waals surface area contributed by atoms with Gasteiger partial charge in [-0.05, 0) is 30.5 Å².